The van der Waals surface area contributed by atoms with Crippen LogP contribution in [0.5, 0.6) is 0 Å². The molecule has 0 spiro atoms. The SMILES string of the molecule is Cc1c(C#N)c(NC(=O)CN2CCC(C(N)=O)CC2)n(-c2ccc(F)cc2)c1C. The Morgan fingerprint density at radius 3 is 2.41 bits per heavy atom. The Labute approximate surface area is 168 Å². The summed E-state index contributed by atoms with van der Waals surface area (Å²) in [6.07, 6.45) is 1.27. The van der Waals surface area contributed by atoms with Crippen LogP contribution in [0.3, 0.4) is 0 Å². The largest absolute Gasteiger partial charge is 0.369 e. The molecule has 1 fully saturated rings. The van der Waals surface area contributed by atoms with Crippen LogP contribution in [0.4, 0.5) is 10.2 Å². The van der Waals surface area contributed by atoms with Gasteiger partial charge in [0.05, 0.1) is 12.1 Å². The summed E-state index contributed by atoms with van der Waals surface area (Å²) >= 11 is 0. The molecule has 1 aromatic heterocycles. The van der Waals surface area contributed by atoms with E-state index in [0.717, 1.165) is 11.3 Å². The molecule has 2 heterocycles. The number of amides is 2. The molecule has 2 aromatic rings. The maximum Gasteiger partial charge on any atom is 0.239 e. The van der Waals surface area contributed by atoms with Gasteiger partial charge in [-0.05, 0) is 69.6 Å². The van der Waals surface area contributed by atoms with Crippen LogP contribution in [0.2, 0.25) is 0 Å². The molecule has 1 aliphatic heterocycles. The number of aromatic nitrogens is 1. The molecular formula is C21H24FN5O2. The van der Waals surface area contributed by atoms with Crippen LogP contribution < -0.4 is 11.1 Å². The third-order valence-corrected chi connectivity index (χ3v) is 5.53. The zero-order chi connectivity index (χ0) is 21.1. The van der Waals surface area contributed by atoms with Gasteiger partial charge in [-0.2, -0.15) is 5.26 Å². The van der Waals surface area contributed by atoms with Crippen molar-refractivity contribution in [3.8, 4) is 11.8 Å². The Bertz CT molecular complexity index is 966. The number of carbonyl (C=O) groups excluding carboxylic acids is 2. The summed E-state index contributed by atoms with van der Waals surface area (Å²) in [6, 6.07) is 8.04. The highest BCUT2D eigenvalue weighted by Gasteiger charge is 2.25. The number of hydrogen-bond donors (Lipinski definition) is 2. The van der Waals surface area contributed by atoms with Crippen molar-refractivity contribution in [3.63, 3.8) is 0 Å². The molecule has 7 nitrogen and oxygen atoms in total. The Balaban J connectivity index is 1.80. The van der Waals surface area contributed by atoms with Gasteiger partial charge in [-0.3, -0.25) is 19.1 Å². The number of rotatable bonds is 5. The first-order chi connectivity index (χ1) is 13.8. The number of hydrogen-bond acceptors (Lipinski definition) is 4. The average Bonchev–Trinajstić information content (AvgIpc) is 2.92. The monoisotopic (exact) mass is 397 g/mol. The lowest BCUT2D eigenvalue weighted by Gasteiger charge is -2.29. The second-order valence-corrected chi connectivity index (χ2v) is 7.36. The molecule has 2 amide bonds. The van der Waals surface area contributed by atoms with E-state index < -0.39 is 0 Å². The van der Waals surface area contributed by atoms with Crippen LogP contribution in [0.25, 0.3) is 5.69 Å². The summed E-state index contributed by atoms with van der Waals surface area (Å²) in [5, 5.41) is 12.5. The van der Waals surface area contributed by atoms with Crippen LogP contribution >= 0.6 is 0 Å². The lowest BCUT2D eigenvalue weighted by Crippen LogP contribution is -2.42. The average molecular weight is 397 g/mol. The second-order valence-electron chi connectivity index (χ2n) is 7.36. The minimum Gasteiger partial charge on any atom is -0.369 e. The summed E-state index contributed by atoms with van der Waals surface area (Å²) in [7, 11) is 0. The Morgan fingerprint density at radius 2 is 1.86 bits per heavy atom. The summed E-state index contributed by atoms with van der Waals surface area (Å²) in [5.41, 5.74) is 7.95. The Morgan fingerprint density at radius 1 is 1.24 bits per heavy atom. The van der Waals surface area contributed by atoms with Crippen molar-refractivity contribution in [2.45, 2.75) is 26.7 Å². The van der Waals surface area contributed by atoms with Crippen molar-refractivity contribution in [1.29, 1.82) is 5.26 Å². The zero-order valence-corrected chi connectivity index (χ0v) is 16.5. The van der Waals surface area contributed by atoms with E-state index >= 15 is 0 Å². The van der Waals surface area contributed by atoms with Gasteiger partial charge in [0.2, 0.25) is 11.8 Å². The molecule has 0 radical (unpaired) electrons. The topological polar surface area (TPSA) is 104 Å². The fraction of sp³-hybridized carbons (Fsp3) is 0.381. The number of nitrogens with zero attached hydrogens (tertiary/aromatic N) is 3. The molecule has 0 bridgehead atoms. The lowest BCUT2D eigenvalue weighted by atomic mass is 9.96. The fourth-order valence-corrected chi connectivity index (χ4v) is 3.72. The van der Waals surface area contributed by atoms with Gasteiger partial charge in [0.1, 0.15) is 17.7 Å². The van der Waals surface area contributed by atoms with Gasteiger partial charge in [0.15, 0.2) is 0 Å². The van der Waals surface area contributed by atoms with Gasteiger partial charge < -0.3 is 11.1 Å². The van der Waals surface area contributed by atoms with E-state index in [4.69, 9.17) is 5.73 Å². The van der Waals surface area contributed by atoms with E-state index in [1.807, 2.05) is 18.7 Å². The Hall–Kier alpha value is -3.18. The summed E-state index contributed by atoms with van der Waals surface area (Å²) in [5.74, 6) is -0.664. The van der Waals surface area contributed by atoms with E-state index in [1.54, 1.807) is 16.7 Å². The lowest BCUT2D eigenvalue weighted by molar-refractivity contribution is -0.123. The minimum atomic E-state index is -0.360. The number of nitrogens with two attached hydrogens (primary N) is 1. The van der Waals surface area contributed by atoms with E-state index in [9.17, 15) is 19.2 Å². The maximum absolute atomic E-state index is 13.3. The summed E-state index contributed by atoms with van der Waals surface area (Å²) < 4.78 is 15.1. The minimum absolute atomic E-state index is 0.138. The van der Waals surface area contributed by atoms with Gasteiger partial charge in [-0.15, -0.1) is 0 Å². The van der Waals surface area contributed by atoms with Crippen molar-refractivity contribution in [2.75, 3.05) is 25.0 Å². The maximum atomic E-state index is 13.3. The van der Waals surface area contributed by atoms with E-state index in [1.165, 1.54) is 12.1 Å². The van der Waals surface area contributed by atoms with Crippen LogP contribution in [0.1, 0.15) is 29.7 Å². The number of likely N-dealkylation sites (tertiary alicyclic amines) is 1. The van der Waals surface area contributed by atoms with Crippen molar-refractivity contribution in [3.05, 3.63) is 46.9 Å². The summed E-state index contributed by atoms with van der Waals surface area (Å²) in [6.45, 7) is 5.05. The highest BCUT2D eigenvalue weighted by Crippen LogP contribution is 2.30. The van der Waals surface area contributed by atoms with E-state index in [2.05, 4.69) is 11.4 Å². The Kier molecular flexibility index (Phi) is 5.99. The highest BCUT2D eigenvalue weighted by atomic mass is 19.1. The number of carbonyl (C=O) groups is 2. The molecule has 0 atom stereocenters. The van der Waals surface area contributed by atoms with Crippen LogP contribution in [-0.2, 0) is 9.59 Å². The summed E-state index contributed by atoms with van der Waals surface area (Å²) in [4.78, 5) is 25.9. The molecule has 8 heteroatoms. The normalized spacial score (nSPS) is 15.1. The van der Waals surface area contributed by atoms with Gasteiger partial charge in [-0.1, -0.05) is 0 Å². The first-order valence-electron chi connectivity index (χ1n) is 9.51. The van der Waals surface area contributed by atoms with Gasteiger partial charge in [0.25, 0.3) is 0 Å². The van der Waals surface area contributed by atoms with E-state index in [0.29, 0.717) is 43.0 Å². The first-order valence-corrected chi connectivity index (χ1v) is 9.51. The second kappa shape index (κ2) is 8.45. The van der Waals surface area contributed by atoms with Crippen LogP contribution in [0.15, 0.2) is 24.3 Å². The van der Waals surface area contributed by atoms with Crippen molar-refractivity contribution in [2.24, 2.45) is 11.7 Å². The zero-order valence-electron chi connectivity index (χ0n) is 16.5. The number of halogens is 1. The molecular weight excluding hydrogens is 373 g/mol. The molecule has 29 heavy (non-hydrogen) atoms. The molecule has 1 aromatic carbocycles. The third kappa shape index (κ3) is 4.30. The van der Waals surface area contributed by atoms with Crippen molar-refractivity contribution >= 4 is 17.6 Å². The van der Waals surface area contributed by atoms with Gasteiger partial charge in [0, 0.05) is 17.3 Å². The number of nitriles is 1. The standard InChI is InChI=1S/C21H24FN5O2/c1-13-14(2)27(17-5-3-16(22)4-6-17)21(18(13)11-23)25-19(28)12-26-9-7-15(8-10-26)20(24)29/h3-6,15H,7-10,12H2,1-2H3,(H2,24,29)(H,25,28). The van der Waals surface area contributed by atoms with Gasteiger partial charge in [-0.25, -0.2) is 4.39 Å². The quantitative estimate of drug-likeness (QED) is 0.807. The number of primary amides is 1. The number of anilines is 1. The van der Waals surface area contributed by atoms with Crippen molar-refractivity contribution in [1.82, 2.24) is 9.47 Å². The molecule has 0 saturated carbocycles. The van der Waals surface area contributed by atoms with E-state index in [-0.39, 0.29) is 30.1 Å². The molecule has 1 saturated heterocycles. The molecule has 0 aliphatic carbocycles. The highest BCUT2D eigenvalue weighted by molar-refractivity contribution is 5.93. The molecule has 3 rings (SSSR count). The first kappa shape index (κ1) is 20.6. The van der Waals surface area contributed by atoms with Crippen molar-refractivity contribution < 1.29 is 14.0 Å². The number of benzene rings is 1. The van der Waals surface area contributed by atoms with Gasteiger partial charge >= 0.3 is 0 Å². The number of nitrogens with one attached hydrogen (secondary N) is 1. The molecule has 3 N–H and O–H groups in total. The smallest absolute Gasteiger partial charge is 0.239 e. The van der Waals surface area contributed by atoms with Crippen LogP contribution in [-0.4, -0.2) is 40.9 Å². The number of piperidine rings is 1. The third-order valence-electron chi connectivity index (χ3n) is 5.53. The molecule has 1 aliphatic rings. The van der Waals surface area contributed by atoms with Crippen LogP contribution in [0, 0.1) is 36.9 Å². The molecule has 0 unspecified atom stereocenters. The predicted molar refractivity (Wildman–Crippen MR) is 107 cm³/mol. The predicted octanol–water partition coefficient (Wildman–Crippen LogP) is 2.24. The fourth-order valence-electron chi connectivity index (χ4n) is 3.72. The molecule has 152 valence electrons.